The van der Waals surface area contributed by atoms with E-state index in [2.05, 4.69) is 9.97 Å². The van der Waals surface area contributed by atoms with Gasteiger partial charge in [-0.3, -0.25) is 14.2 Å². The summed E-state index contributed by atoms with van der Waals surface area (Å²) >= 11 is 0. The van der Waals surface area contributed by atoms with E-state index in [1.807, 2.05) is 73.4 Å². The molecule has 0 saturated carbocycles. The normalized spacial score (nSPS) is 14.6. The van der Waals surface area contributed by atoms with Crippen molar-refractivity contribution in [2.75, 3.05) is 19.7 Å². The largest absolute Gasteiger partial charge is 0.366 e. The van der Waals surface area contributed by atoms with Crippen molar-refractivity contribution in [2.24, 2.45) is 5.73 Å². The van der Waals surface area contributed by atoms with E-state index in [-0.39, 0.29) is 5.56 Å². The molecule has 9 nitrogen and oxygen atoms in total. The van der Waals surface area contributed by atoms with Gasteiger partial charge in [-0.05, 0) is 66.4 Å². The molecule has 0 bridgehead atoms. The number of carbonyl (C=O) groups excluding carboxylic acids is 1. The number of aromatic amines is 1. The number of nitrogens with two attached hydrogens (primary N) is 1. The Labute approximate surface area is 230 Å². The van der Waals surface area contributed by atoms with Crippen LogP contribution in [0.2, 0.25) is 0 Å². The van der Waals surface area contributed by atoms with Crippen LogP contribution in [0.15, 0.2) is 77.9 Å². The number of nitrogens with zero attached hydrogens (tertiary/aromatic N) is 3. The number of hydrogen-bond donors (Lipinski definition) is 3. The van der Waals surface area contributed by atoms with Crippen LogP contribution in [0.4, 0.5) is 0 Å². The van der Waals surface area contributed by atoms with Gasteiger partial charge in [-0.2, -0.15) is 0 Å². The Morgan fingerprint density at radius 3 is 2.75 bits per heavy atom. The van der Waals surface area contributed by atoms with Crippen LogP contribution in [0.3, 0.4) is 0 Å². The van der Waals surface area contributed by atoms with Gasteiger partial charge < -0.3 is 20.6 Å². The maximum absolute atomic E-state index is 13.4. The van der Waals surface area contributed by atoms with Crippen LogP contribution in [0.1, 0.15) is 28.5 Å². The highest BCUT2D eigenvalue weighted by Gasteiger charge is 2.24. The van der Waals surface area contributed by atoms with Gasteiger partial charge in [0.1, 0.15) is 6.33 Å². The number of amides is 1. The lowest BCUT2D eigenvalue weighted by Crippen LogP contribution is -2.35. The molecule has 0 saturated heterocycles. The summed E-state index contributed by atoms with van der Waals surface area (Å²) in [6.07, 6.45) is 2.60. The third kappa shape index (κ3) is 4.30. The highest BCUT2D eigenvalue weighted by Crippen LogP contribution is 2.36. The van der Waals surface area contributed by atoms with Crippen molar-refractivity contribution < 1.29 is 14.6 Å². The topological polar surface area (TPSA) is 126 Å². The number of aliphatic hydroxyl groups is 1. The van der Waals surface area contributed by atoms with Gasteiger partial charge in [-0.25, -0.2) is 9.88 Å². The van der Waals surface area contributed by atoms with Crippen molar-refractivity contribution in [2.45, 2.75) is 20.3 Å². The molecule has 3 heterocycles. The number of benzene rings is 3. The average molecular weight is 536 g/mol. The predicted molar refractivity (Wildman–Crippen MR) is 155 cm³/mol. The quantitative estimate of drug-likeness (QED) is 0.271. The van der Waals surface area contributed by atoms with Crippen LogP contribution in [0.25, 0.3) is 44.2 Å². The summed E-state index contributed by atoms with van der Waals surface area (Å²) in [6, 6.07) is 18.7. The third-order valence-electron chi connectivity index (χ3n) is 7.50. The first kappa shape index (κ1) is 25.7. The van der Waals surface area contributed by atoms with Crippen LogP contribution < -0.4 is 11.3 Å². The Morgan fingerprint density at radius 2 is 1.95 bits per heavy atom. The number of primary amides is 1. The molecule has 40 heavy (non-hydrogen) atoms. The van der Waals surface area contributed by atoms with E-state index < -0.39 is 12.3 Å². The Balaban J connectivity index is 1.47. The van der Waals surface area contributed by atoms with Crippen LogP contribution in [0, 0.1) is 6.92 Å². The SMILES string of the molecule is CCOC(O)N1CC=C(c2cc3c(-c4cccc(-n5cnc6ccccc6c5=O)c4C)ccc(C(N)=O)c3[nH]2)C1. The number of aromatic nitrogens is 3. The minimum Gasteiger partial charge on any atom is -0.366 e. The van der Waals surface area contributed by atoms with E-state index in [1.54, 1.807) is 23.0 Å². The number of nitrogens with one attached hydrogen (secondary N) is 1. The Morgan fingerprint density at radius 1 is 1.12 bits per heavy atom. The monoisotopic (exact) mass is 535 g/mol. The zero-order chi connectivity index (χ0) is 28.0. The van der Waals surface area contributed by atoms with E-state index in [9.17, 15) is 14.7 Å². The molecular weight excluding hydrogens is 506 g/mol. The van der Waals surface area contributed by atoms with Gasteiger partial charge in [-0.1, -0.05) is 36.4 Å². The molecule has 4 N–H and O–H groups in total. The van der Waals surface area contributed by atoms with Crippen LogP contribution in [-0.4, -0.2) is 56.6 Å². The lowest BCUT2D eigenvalue weighted by atomic mass is 9.94. The summed E-state index contributed by atoms with van der Waals surface area (Å²) in [6.45, 7) is 5.24. The van der Waals surface area contributed by atoms with Gasteiger partial charge in [0, 0.05) is 30.8 Å². The maximum Gasteiger partial charge on any atom is 0.265 e. The molecule has 202 valence electrons. The number of hydrogen-bond acceptors (Lipinski definition) is 6. The van der Waals surface area contributed by atoms with E-state index in [0.717, 1.165) is 39.0 Å². The molecule has 5 aromatic rings. The second kappa shape index (κ2) is 10.2. The Kier molecular flexibility index (Phi) is 6.55. The summed E-state index contributed by atoms with van der Waals surface area (Å²) in [5, 5.41) is 11.6. The standard InChI is InChI=1S/C31H29N5O4/c1-3-40-31(39)35-14-13-19(16-35)26-15-24-21(11-12-23(29(32)37)28(24)34-26)20-8-6-10-27(18(20)2)36-17-33-25-9-5-4-7-22(25)30(36)38/h4-13,15,17,31,34,39H,3,14,16H2,1-2H3,(H2,32,37). The van der Waals surface area contributed by atoms with E-state index in [0.29, 0.717) is 41.7 Å². The molecule has 2 aromatic heterocycles. The summed E-state index contributed by atoms with van der Waals surface area (Å²) in [5.41, 5.74) is 12.5. The molecule has 0 spiro atoms. The average Bonchev–Trinajstić information content (AvgIpc) is 3.62. The predicted octanol–water partition coefficient (Wildman–Crippen LogP) is 3.95. The number of para-hydroxylation sites is 1. The molecule has 1 atom stereocenters. The Hall–Kier alpha value is -4.57. The van der Waals surface area contributed by atoms with Crippen molar-refractivity contribution >= 4 is 33.3 Å². The maximum atomic E-state index is 13.4. The smallest absolute Gasteiger partial charge is 0.265 e. The molecule has 0 fully saturated rings. The summed E-state index contributed by atoms with van der Waals surface area (Å²) in [7, 11) is 0. The number of aliphatic hydroxyl groups excluding tert-OH is 1. The van der Waals surface area contributed by atoms with Crippen molar-refractivity contribution in [3.8, 4) is 16.8 Å². The summed E-state index contributed by atoms with van der Waals surface area (Å²) in [4.78, 5) is 35.4. The minimum absolute atomic E-state index is 0.143. The number of carbonyl (C=O) groups is 1. The van der Waals surface area contributed by atoms with Gasteiger partial charge in [0.15, 0.2) is 0 Å². The minimum atomic E-state index is -0.988. The molecule has 3 aromatic carbocycles. The number of rotatable bonds is 7. The number of fused-ring (bicyclic) bond motifs is 2. The zero-order valence-corrected chi connectivity index (χ0v) is 22.2. The molecule has 1 amide bonds. The van der Waals surface area contributed by atoms with Crippen molar-refractivity contribution in [3.63, 3.8) is 0 Å². The first-order valence-corrected chi connectivity index (χ1v) is 13.1. The lowest BCUT2D eigenvalue weighted by molar-refractivity contribution is -0.181. The molecule has 1 aliphatic rings. The van der Waals surface area contributed by atoms with Gasteiger partial charge in [0.2, 0.25) is 6.41 Å². The van der Waals surface area contributed by atoms with Crippen LogP contribution >= 0.6 is 0 Å². The van der Waals surface area contributed by atoms with Crippen molar-refractivity contribution in [1.82, 2.24) is 19.4 Å². The fourth-order valence-corrected chi connectivity index (χ4v) is 5.44. The molecule has 1 aliphatic heterocycles. The molecule has 6 rings (SSSR count). The van der Waals surface area contributed by atoms with Crippen molar-refractivity contribution in [3.05, 3.63) is 100 Å². The fourth-order valence-electron chi connectivity index (χ4n) is 5.44. The van der Waals surface area contributed by atoms with Gasteiger partial charge in [-0.15, -0.1) is 0 Å². The molecule has 9 heteroatoms. The Bertz CT molecular complexity index is 1870. The lowest BCUT2D eigenvalue weighted by Gasteiger charge is -2.22. The summed E-state index contributed by atoms with van der Waals surface area (Å²) < 4.78 is 6.91. The third-order valence-corrected chi connectivity index (χ3v) is 7.50. The highest BCUT2D eigenvalue weighted by atomic mass is 16.6. The molecular formula is C31H29N5O4. The second-order valence-electron chi connectivity index (χ2n) is 9.82. The first-order valence-electron chi connectivity index (χ1n) is 13.1. The fraction of sp³-hybridized carbons (Fsp3) is 0.194. The molecule has 0 aliphatic carbocycles. The molecule has 1 unspecified atom stereocenters. The van der Waals surface area contributed by atoms with E-state index >= 15 is 0 Å². The summed E-state index contributed by atoms with van der Waals surface area (Å²) in [5.74, 6) is -0.530. The number of H-pyrrole nitrogens is 1. The van der Waals surface area contributed by atoms with Gasteiger partial charge in [0.05, 0.1) is 27.7 Å². The molecule has 0 radical (unpaired) electrons. The van der Waals surface area contributed by atoms with Crippen molar-refractivity contribution in [1.29, 1.82) is 0 Å². The van der Waals surface area contributed by atoms with Gasteiger partial charge in [0.25, 0.3) is 11.5 Å². The van der Waals surface area contributed by atoms with Crippen LogP contribution in [-0.2, 0) is 4.74 Å². The highest BCUT2D eigenvalue weighted by molar-refractivity contribution is 6.10. The van der Waals surface area contributed by atoms with E-state index in [4.69, 9.17) is 10.5 Å². The van der Waals surface area contributed by atoms with E-state index in [1.165, 1.54) is 0 Å². The zero-order valence-electron chi connectivity index (χ0n) is 22.2. The van der Waals surface area contributed by atoms with Crippen LogP contribution in [0.5, 0.6) is 0 Å². The second-order valence-corrected chi connectivity index (χ2v) is 9.82. The van der Waals surface area contributed by atoms with Gasteiger partial charge >= 0.3 is 0 Å². The first-order chi connectivity index (χ1) is 19.4. The number of ether oxygens (including phenoxy) is 1.